The highest BCUT2D eigenvalue weighted by molar-refractivity contribution is 7.99. The van der Waals surface area contributed by atoms with E-state index in [4.69, 9.17) is 0 Å². The lowest BCUT2D eigenvalue weighted by atomic mass is 10.2. The largest absolute Gasteiger partial charge is 0.335 e. The van der Waals surface area contributed by atoms with Crippen LogP contribution in [0.4, 0.5) is 4.79 Å². The normalized spacial score (nSPS) is 12.0. The monoisotopic (exact) mass is 408 g/mol. The standard InChI is InChI=1S/C18H24N4O3S2/c1-6-8-22-16(24)14-11(4)12(5)27-15(14)21-18(22)26-9-13(23)20-17(25)19-10(3)7-2/h6,10H,1,7-9H2,2-5H3,(H2,19,20,23,25)/t10-/m0/s1. The number of thioether (sulfide) groups is 1. The number of nitrogens with one attached hydrogen (secondary N) is 2. The van der Waals surface area contributed by atoms with Crippen molar-refractivity contribution in [2.75, 3.05) is 5.75 Å². The van der Waals surface area contributed by atoms with Crippen LogP contribution in [0, 0.1) is 13.8 Å². The number of amides is 3. The summed E-state index contributed by atoms with van der Waals surface area (Å²) in [7, 11) is 0. The summed E-state index contributed by atoms with van der Waals surface area (Å²) in [6, 6.07) is -0.538. The molecule has 3 amide bonds. The first-order valence-electron chi connectivity index (χ1n) is 8.63. The molecule has 2 rings (SSSR count). The number of carbonyl (C=O) groups excluding carboxylic acids is 2. The fourth-order valence-corrected chi connectivity index (χ4v) is 4.24. The molecule has 1 atom stereocenters. The molecule has 0 radical (unpaired) electrons. The van der Waals surface area contributed by atoms with Gasteiger partial charge in [-0.3, -0.25) is 19.5 Å². The number of allylic oxidation sites excluding steroid dienone is 1. The minimum Gasteiger partial charge on any atom is -0.335 e. The molecular weight excluding hydrogens is 384 g/mol. The number of nitrogens with zero attached hydrogens (tertiary/aromatic N) is 2. The highest BCUT2D eigenvalue weighted by Crippen LogP contribution is 2.28. The predicted molar refractivity (Wildman–Crippen MR) is 111 cm³/mol. The lowest BCUT2D eigenvalue weighted by Gasteiger charge is -2.12. The van der Waals surface area contributed by atoms with Crippen molar-refractivity contribution in [3.63, 3.8) is 0 Å². The van der Waals surface area contributed by atoms with Crippen LogP contribution in [-0.4, -0.2) is 33.3 Å². The van der Waals surface area contributed by atoms with Crippen LogP contribution in [0.3, 0.4) is 0 Å². The summed E-state index contributed by atoms with van der Waals surface area (Å²) in [6.07, 6.45) is 2.39. The van der Waals surface area contributed by atoms with Crippen LogP contribution in [0.5, 0.6) is 0 Å². The number of thiophene rings is 1. The van der Waals surface area contributed by atoms with Crippen molar-refractivity contribution in [2.24, 2.45) is 0 Å². The third kappa shape index (κ3) is 4.98. The van der Waals surface area contributed by atoms with E-state index < -0.39 is 11.9 Å². The van der Waals surface area contributed by atoms with Gasteiger partial charge >= 0.3 is 6.03 Å². The number of urea groups is 1. The summed E-state index contributed by atoms with van der Waals surface area (Å²) in [5, 5.41) is 6.01. The van der Waals surface area contributed by atoms with Crippen molar-refractivity contribution in [3.8, 4) is 0 Å². The van der Waals surface area contributed by atoms with Crippen LogP contribution < -0.4 is 16.2 Å². The second-order valence-electron chi connectivity index (χ2n) is 6.18. The molecule has 2 N–H and O–H groups in total. The molecular formula is C18H24N4O3S2. The Bertz CT molecular complexity index is 933. The topological polar surface area (TPSA) is 93.1 Å². The molecule has 2 aromatic heterocycles. The van der Waals surface area contributed by atoms with Crippen molar-refractivity contribution in [3.05, 3.63) is 33.4 Å². The summed E-state index contributed by atoms with van der Waals surface area (Å²) in [5.74, 6) is -0.467. The molecule has 0 bridgehead atoms. The highest BCUT2D eigenvalue weighted by atomic mass is 32.2. The highest BCUT2D eigenvalue weighted by Gasteiger charge is 2.17. The molecule has 2 heterocycles. The van der Waals surface area contributed by atoms with Crippen LogP contribution in [0.2, 0.25) is 0 Å². The first-order valence-corrected chi connectivity index (χ1v) is 10.4. The molecule has 0 aliphatic rings. The van der Waals surface area contributed by atoms with Crippen LogP contribution in [0.25, 0.3) is 10.2 Å². The second kappa shape index (κ2) is 9.18. The number of carbonyl (C=O) groups is 2. The van der Waals surface area contributed by atoms with E-state index in [9.17, 15) is 14.4 Å². The molecule has 0 aromatic carbocycles. The van der Waals surface area contributed by atoms with Gasteiger partial charge < -0.3 is 5.32 Å². The van der Waals surface area contributed by atoms with Gasteiger partial charge in [0.1, 0.15) is 4.83 Å². The number of hydrogen-bond acceptors (Lipinski definition) is 6. The van der Waals surface area contributed by atoms with E-state index in [1.807, 2.05) is 27.7 Å². The van der Waals surface area contributed by atoms with Gasteiger partial charge in [-0.15, -0.1) is 17.9 Å². The lowest BCUT2D eigenvalue weighted by molar-refractivity contribution is -0.117. The fraction of sp³-hybridized carbons (Fsp3) is 0.444. The predicted octanol–water partition coefficient (Wildman–Crippen LogP) is 2.98. The number of hydrogen-bond donors (Lipinski definition) is 2. The summed E-state index contributed by atoms with van der Waals surface area (Å²) in [6.45, 7) is 11.7. The zero-order valence-corrected chi connectivity index (χ0v) is 17.6. The molecule has 0 spiro atoms. The van der Waals surface area contributed by atoms with Crippen LogP contribution in [-0.2, 0) is 11.3 Å². The van der Waals surface area contributed by atoms with Gasteiger partial charge in [-0.05, 0) is 32.8 Å². The summed E-state index contributed by atoms with van der Waals surface area (Å²) in [4.78, 5) is 42.9. The Kier molecular flexibility index (Phi) is 7.20. The molecule has 0 unspecified atom stereocenters. The third-order valence-electron chi connectivity index (χ3n) is 4.14. The van der Waals surface area contributed by atoms with Gasteiger partial charge in [0, 0.05) is 17.5 Å². The molecule has 0 aliphatic carbocycles. The van der Waals surface area contributed by atoms with E-state index in [1.165, 1.54) is 15.9 Å². The maximum Gasteiger partial charge on any atom is 0.321 e. The van der Waals surface area contributed by atoms with E-state index in [0.717, 1.165) is 28.6 Å². The maximum absolute atomic E-state index is 12.9. The number of imide groups is 1. The molecule has 0 saturated carbocycles. The van der Waals surface area contributed by atoms with Crippen LogP contribution >= 0.6 is 23.1 Å². The SMILES string of the molecule is C=CCn1c(SCC(=O)NC(=O)N[C@@H](C)CC)nc2sc(C)c(C)c2c1=O. The van der Waals surface area contributed by atoms with Crippen molar-refractivity contribution < 1.29 is 9.59 Å². The Balaban J connectivity index is 2.19. The van der Waals surface area contributed by atoms with Gasteiger partial charge in [0.05, 0.1) is 11.1 Å². The van der Waals surface area contributed by atoms with Crippen molar-refractivity contribution >= 4 is 45.3 Å². The number of aryl methyl sites for hydroxylation is 2. The van der Waals surface area contributed by atoms with Gasteiger partial charge in [0.2, 0.25) is 5.91 Å². The van der Waals surface area contributed by atoms with Gasteiger partial charge in [0.15, 0.2) is 5.16 Å². The second-order valence-corrected chi connectivity index (χ2v) is 8.33. The Morgan fingerprint density at radius 2 is 2.11 bits per heavy atom. The molecule has 2 aromatic rings. The molecule has 0 fully saturated rings. The zero-order valence-electron chi connectivity index (χ0n) is 15.9. The summed E-state index contributed by atoms with van der Waals surface area (Å²) in [5.41, 5.74) is 0.792. The van der Waals surface area contributed by atoms with Crippen molar-refractivity contribution in [1.29, 1.82) is 0 Å². The van der Waals surface area contributed by atoms with Gasteiger partial charge in [-0.1, -0.05) is 24.8 Å². The van der Waals surface area contributed by atoms with Crippen molar-refractivity contribution in [1.82, 2.24) is 20.2 Å². The third-order valence-corrected chi connectivity index (χ3v) is 6.22. The maximum atomic E-state index is 12.9. The summed E-state index contributed by atoms with van der Waals surface area (Å²) < 4.78 is 1.51. The first-order chi connectivity index (χ1) is 12.8. The van der Waals surface area contributed by atoms with E-state index in [1.54, 1.807) is 6.08 Å². The van der Waals surface area contributed by atoms with E-state index in [0.29, 0.717) is 21.9 Å². The van der Waals surface area contributed by atoms with Gasteiger partial charge in [-0.2, -0.15) is 0 Å². The quantitative estimate of drug-likeness (QED) is 0.417. The average molecular weight is 409 g/mol. The molecule has 0 aliphatic heterocycles. The Hall–Kier alpha value is -2.13. The Morgan fingerprint density at radius 3 is 2.74 bits per heavy atom. The Labute approximate surface area is 166 Å². The molecule has 0 saturated heterocycles. The van der Waals surface area contributed by atoms with Crippen LogP contribution in [0.15, 0.2) is 22.6 Å². The van der Waals surface area contributed by atoms with E-state index in [2.05, 4.69) is 22.2 Å². The van der Waals surface area contributed by atoms with Crippen molar-refractivity contribution in [2.45, 2.75) is 51.9 Å². The average Bonchev–Trinajstić information content (AvgIpc) is 2.90. The Morgan fingerprint density at radius 1 is 1.41 bits per heavy atom. The van der Waals surface area contributed by atoms with Gasteiger partial charge in [0.25, 0.3) is 5.56 Å². The first kappa shape index (κ1) is 21.2. The fourth-order valence-electron chi connectivity index (χ4n) is 2.36. The minimum absolute atomic E-state index is 0.0161. The number of fused-ring (bicyclic) bond motifs is 1. The van der Waals surface area contributed by atoms with Gasteiger partial charge in [-0.25, -0.2) is 9.78 Å². The van der Waals surface area contributed by atoms with E-state index >= 15 is 0 Å². The molecule has 7 nitrogen and oxygen atoms in total. The molecule has 27 heavy (non-hydrogen) atoms. The van der Waals surface area contributed by atoms with E-state index in [-0.39, 0.29) is 17.4 Å². The summed E-state index contributed by atoms with van der Waals surface area (Å²) >= 11 is 2.58. The number of aromatic nitrogens is 2. The molecule has 146 valence electrons. The molecule has 9 heteroatoms. The minimum atomic E-state index is -0.522. The van der Waals surface area contributed by atoms with Crippen LogP contribution in [0.1, 0.15) is 30.7 Å². The lowest BCUT2D eigenvalue weighted by Crippen LogP contribution is -2.44. The smallest absolute Gasteiger partial charge is 0.321 e. The zero-order chi connectivity index (χ0) is 20.1. The number of rotatable bonds is 7.